The Hall–Kier alpha value is -4.63. The van der Waals surface area contributed by atoms with E-state index < -0.39 is 0 Å². The third-order valence-electron chi connectivity index (χ3n) is 3.94. The largest absolute Gasteiger partial charge is 0.351 e. The summed E-state index contributed by atoms with van der Waals surface area (Å²) in [7, 11) is 0. The minimum absolute atomic E-state index is 1.03. The molecule has 0 aliphatic rings. The van der Waals surface area contributed by atoms with Crippen LogP contribution in [0.4, 0.5) is 0 Å². The predicted molar refractivity (Wildman–Crippen MR) is 137 cm³/mol. The second kappa shape index (κ2) is 15.2. The molecule has 7 rings (SSSR count). The lowest BCUT2D eigenvalue weighted by molar-refractivity contribution is 1.09. The first kappa shape index (κ1) is 24.0. The van der Waals surface area contributed by atoms with E-state index in [1.54, 1.807) is 61.2 Å². The molecule has 0 spiro atoms. The molecule has 170 valence electrons. The van der Waals surface area contributed by atoms with Crippen LogP contribution in [0.25, 0.3) is 21.3 Å². The van der Waals surface area contributed by atoms with Crippen LogP contribution in [0.2, 0.25) is 0 Å². The van der Waals surface area contributed by atoms with E-state index in [1.807, 2.05) is 72.2 Å². The van der Waals surface area contributed by atoms with E-state index in [1.165, 1.54) is 4.70 Å². The van der Waals surface area contributed by atoms with Crippen LogP contribution >= 0.6 is 11.3 Å². The summed E-state index contributed by atoms with van der Waals surface area (Å²) >= 11 is 1.68. The zero-order valence-electron chi connectivity index (χ0n) is 18.3. The molecule has 34 heavy (non-hydrogen) atoms. The van der Waals surface area contributed by atoms with Gasteiger partial charge in [-0.15, -0.1) is 11.3 Å². The standard InChI is InChI=1S/C7H6N2.C7H5NS.C5H5N.2C3H4N2/c2*1-2-4-7-6(3-1)8-5-9-7;1-2-4-6-5-3-1;1-2-5-3-4-1;1-2-4-5-3-1/h1-5H,(H,8,9);1-5H;1-5H;2*1-3H,(H,4,5). The molecule has 2 aromatic carbocycles. The first-order valence-electron chi connectivity index (χ1n) is 10.3. The number of aromatic amines is 3. The van der Waals surface area contributed by atoms with Crippen LogP contribution in [-0.2, 0) is 0 Å². The number of pyridine rings is 1. The lowest BCUT2D eigenvalue weighted by Crippen LogP contribution is -1.63. The van der Waals surface area contributed by atoms with Crippen molar-refractivity contribution in [2.75, 3.05) is 0 Å². The first-order chi connectivity index (χ1) is 16.9. The minimum Gasteiger partial charge on any atom is -0.351 e. The second-order valence-corrected chi connectivity index (χ2v) is 7.18. The molecule has 0 atom stereocenters. The molecule has 5 heterocycles. The van der Waals surface area contributed by atoms with Gasteiger partial charge in [0.05, 0.1) is 39.4 Å². The smallest absolute Gasteiger partial charge is 0.0931 e. The molecule has 0 unspecified atom stereocenters. The predicted octanol–water partition coefficient (Wildman–Crippen LogP) is 5.76. The fraction of sp³-hybridized carbons (Fsp3) is 0. The number of hydrogen-bond acceptors (Lipinski definition) is 6. The highest BCUT2D eigenvalue weighted by molar-refractivity contribution is 7.16. The Morgan fingerprint density at radius 3 is 1.97 bits per heavy atom. The quantitative estimate of drug-likeness (QED) is 0.262. The highest BCUT2D eigenvalue weighted by Crippen LogP contribution is 2.15. The fourth-order valence-electron chi connectivity index (χ4n) is 2.43. The van der Waals surface area contributed by atoms with Crippen molar-refractivity contribution in [3.63, 3.8) is 0 Å². The summed E-state index contributed by atoms with van der Waals surface area (Å²) in [6.07, 6.45) is 13.7. The van der Waals surface area contributed by atoms with Crippen molar-refractivity contribution in [1.29, 1.82) is 0 Å². The van der Waals surface area contributed by atoms with Crippen LogP contribution in [0.5, 0.6) is 0 Å². The van der Waals surface area contributed by atoms with Gasteiger partial charge in [0.25, 0.3) is 0 Å². The lowest BCUT2D eigenvalue weighted by Gasteiger charge is -1.81. The van der Waals surface area contributed by atoms with Crippen molar-refractivity contribution >= 4 is 32.6 Å². The summed E-state index contributed by atoms with van der Waals surface area (Å²) in [5.74, 6) is 0. The van der Waals surface area contributed by atoms with Gasteiger partial charge in [-0.3, -0.25) is 10.1 Å². The number of nitrogens with one attached hydrogen (secondary N) is 3. The van der Waals surface area contributed by atoms with E-state index >= 15 is 0 Å². The van der Waals surface area contributed by atoms with Crippen molar-refractivity contribution in [1.82, 2.24) is 40.1 Å². The number of nitrogens with zero attached hydrogens (tertiary/aromatic N) is 5. The maximum atomic E-state index is 4.14. The van der Waals surface area contributed by atoms with Gasteiger partial charge in [-0.05, 0) is 42.5 Å². The number of rotatable bonds is 0. The highest BCUT2D eigenvalue weighted by Gasteiger charge is 1.90. The fourth-order valence-corrected chi connectivity index (χ4v) is 3.10. The summed E-state index contributed by atoms with van der Waals surface area (Å²) in [5, 5.41) is 6.21. The van der Waals surface area contributed by atoms with E-state index in [4.69, 9.17) is 0 Å². The zero-order valence-corrected chi connectivity index (χ0v) is 19.1. The van der Waals surface area contributed by atoms with Crippen LogP contribution in [-0.4, -0.2) is 40.1 Å². The number of thiazole rings is 1. The van der Waals surface area contributed by atoms with E-state index in [2.05, 4.69) is 46.2 Å². The monoisotopic (exact) mass is 468 g/mol. The third kappa shape index (κ3) is 9.25. The van der Waals surface area contributed by atoms with Crippen LogP contribution < -0.4 is 0 Å². The number of hydrogen-bond donors (Lipinski definition) is 3. The zero-order chi connectivity index (χ0) is 23.5. The van der Waals surface area contributed by atoms with E-state index in [-0.39, 0.29) is 0 Å². The molecule has 7 aromatic rings. The summed E-state index contributed by atoms with van der Waals surface area (Å²) in [6.45, 7) is 0. The molecule has 0 radical (unpaired) electrons. The molecule has 5 aromatic heterocycles. The molecule has 0 fully saturated rings. The van der Waals surface area contributed by atoms with Gasteiger partial charge < -0.3 is 9.97 Å². The van der Waals surface area contributed by atoms with Gasteiger partial charge >= 0.3 is 0 Å². The van der Waals surface area contributed by atoms with Gasteiger partial charge in [0, 0.05) is 37.2 Å². The second-order valence-electron chi connectivity index (χ2n) is 6.29. The Labute approximate surface area is 200 Å². The summed E-state index contributed by atoms with van der Waals surface area (Å²) in [4.78, 5) is 21.4. The van der Waals surface area contributed by atoms with E-state index in [0.717, 1.165) is 16.6 Å². The SMILES string of the molecule is c1c[nH]cn1.c1ccc2[nH]cnc2c1.c1ccc2scnc2c1.c1ccncc1.c1cn[nH]c1. The van der Waals surface area contributed by atoms with Crippen LogP contribution in [0, 0.1) is 0 Å². The molecule has 3 N–H and O–H groups in total. The molecule has 9 heteroatoms. The molecular formula is C25H24N8S. The average molecular weight is 469 g/mol. The molecule has 0 saturated heterocycles. The Bertz CT molecular complexity index is 1150. The van der Waals surface area contributed by atoms with Crippen molar-refractivity contribution in [3.05, 3.63) is 128 Å². The van der Waals surface area contributed by atoms with E-state index in [0.29, 0.717) is 0 Å². The Balaban J connectivity index is 0.000000122. The van der Waals surface area contributed by atoms with Gasteiger partial charge in [0.1, 0.15) is 0 Å². The number of benzene rings is 2. The molecule has 8 nitrogen and oxygen atoms in total. The normalized spacial score (nSPS) is 9.18. The maximum Gasteiger partial charge on any atom is 0.0931 e. The van der Waals surface area contributed by atoms with Gasteiger partial charge in [0.2, 0.25) is 0 Å². The number of H-pyrrole nitrogens is 3. The first-order valence-corrected chi connectivity index (χ1v) is 11.2. The number of para-hydroxylation sites is 3. The Morgan fingerprint density at radius 2 is 1.44 bits per heavy atom. The van der Waals surface area contributed by atoms with Crippen LogP contribution in [0.15, 0.2) is 128 Å². The molecular weight excluding hydrogens is 444 g/mol. The van der Waals surface area contributed by atoms with Crippen LogP contribution in [0.3, 0.4) is 0 Å². The number of fused-ring (bicyclic) bond motifs is 2. The van der Waals surface area contributed by atoms with Gasteiger partial charge in [-0.25, -0.2) is 15.0 Å². The Kier molecular flexibility index (Phi) is 10.8. The molecule has 0 saturated carbocycles. The molecule has 0 aliphatic heterocycles. The highest BCUT2D eigenvalue weighted by atomic mass is 32.1. The number of aromatic nitrogens is 8. The molecule has 0 amide bonds. The minimum atomic E-state index is 1.03. The summed E-state index contributed by atoms with van der Waals surface area (Å²) < 4.78 is 1.26. The van der Waals surface area contributed by atoms with Gasteiger partial charge in [0.15, 0.2) is 0 Å². The number of imidazole rings is 2. The Morgan fingerprint density at radius 1 is 0.618 bits per heavy atom. The average Bonchev–Trinajstić information content (AvgIpc) is 3.75. The lowest BCUT2D eigenvalue weighted by atomic mass is 10.3. The summed E-state index contributed by atoms with van der Waals surface area (Å²) in [6, 6.07) is 23.6. The molecule has 0 bridgehead atoms. The van der Waals surface area contributed by atoms with Gasteiger partial charge in [-0.1, -0.05) is 30.3 Å². The van der Waals surface area contributed by atoms with E-state index in [9.17, 15) is 0 Å². The van der Waals surface area contributed by atoms with Crippen molar-refractivity contribution in [2.45, 2.75) is 0 Å². The third-order valence-corrected chi connectivity index (χ3v) is 4.75. The van der Waals surface area contributed by atoms with Crippen molar-refractivity contribution in [3.8, 4) is 0 Å². The molecule has 0 aliphatic carbocycles. The van der Waals surface area contributed by atoms with Crippen LogP contribution in [0.1, 0.15) is 0 Å². The van der Waals surface area contributed by atoms with Crippen molar-refractivity contribution in [2.24, 2.45) is 0 Å². The van der Waals surface area contributed by atoms with Gasteiger partial charge in [-0.2, -0.15) is 5.10 Å². The topological polar surface area (TPSA) is 112 Å². The van der Waals surface area contributed by atoms with Crippen molar-refractivity contribution < 1.29 is 0 Å². The summed E-state index contributed by atoms with van der Waals surface area (Å²) in [5.41, 5.74) is 5.09. The maximum absolute atomic E-state index is 4.14.